The maximum absolute atomic E-state index is 5.96. The number of benzene rings is 1. The lowest BCUT2D eigenvalue weighted by molar-refractivity contribution is -0.0547. The minimum Gasteiger partial charge on any atom is -0.492 e. The van der Waals surface area contributed by atoms with E-state index in [9.17, 15) is 0 Å². The maximum atomic E-state index is 5.96. The molecule has 0 atom stereocenters. The van der Waals surface area contributed by atoms with Gasteiger partial charge in [-0.3, -0.25) is 4.90 Å². The molecule has 1 aliphatic heterocycles. The molecule has 0 unspecified atom stereocenters. The van der Waals surface area contributed by atoms with Crippen molar-refractivity contribution in [2.75, 3.05) is 40.0 Å². The molecule has 0 aromatic heterocycles. The molecule has 2 rings (SSSR count). The van der Waals surface area contributed by atoms with E-state index in [0.29, 0.717) is 6.61 Å². The van der Waals surface area contributed by atoms with Crippen LogP contribution in [0, 0.1) is 0 Å². The number of morpholine rings is 1. The van der Waals surface area contributed by atoms with Gasteiger partial charge in [0, 0.05) is 30.7 Å². The quantitative estimate of drug-likeness (QED) is 0.861. The minimum atomic E-state index is 0.103. The molecule has 0 saturated carbocycles. The molecular weight excluding hydrogens is 252 g/mol. The predicted molar refractivity (Wildman–Crippen MR) is 81.2 cm³/mol. The van der Waals surface area contributed by atoms with Crippen molar-refractivity contribution in [2.45, 2.75) is 25.9 Å². The largest absolute Gasteiger partial charge is 0.492 e. The van der Waals surface area contributed by atoms with Gasteiger partial charge in [-0.2, -0.15) is 0 Å². The average molecular weight is 278 g/mol. The molecule has 1 heterocycles. The Kier molecular flexibility index (Phi) is 5.40. The van der Waals surface area contributed by atoms with Crippen LogP contribution in [0.3, 0.4) is 0 Å². The molecule has 0 aliphatic carbocycles. The van der Waals surface area contributed by atoms with Crippen molar-refractivity contribution in [1.82, 2.24) is 10.2 Å². The Morgan fingerprint density at radius 1 is 1.35 bits per heavy atom. The first-order valence-electron chi connectivity index (χ1n) is 7.31. The van der Waals surface area contributed by atoms with Gasteiger partial charge >= 0.3 is 0 Å². The van der Waals surface area contributed by atoms with Crippen LogP contribution in [0.15, 0.2) is 24.3 Å². The molecule has 0 bridgehead atoms. The van der Waals surface area contributed by atoms with Crippen molar-refractivity contribution >= 4 is 0 Å². The molecule has 112 valence electrons. The van der Waals surface area contributed by atoms with Crippen molar-refractivity contribution in [2.24, 2.45) is 0 Å². The number of ether oxygens (including phenoxy) is 2. The second-order valence-corrected chi connectivity index (χ2v) is 5.84. The summed E-state index contributed by atoms with van der Waals surface area (Å²) in [5, 5.41) is 3.17. The van der Waals surface area contributed by atoms with Crippen LogP contribution in [-0.4, -0.2) is 50.4 Å². The molecule has 0 amide bonds. The molecule has 1 saturated heterocycles. The highest BCUT2D eigenvalue weighted by atomic mass is 16.5. The third-order valence-electron chi connectivity index (χ3n) is 3.78. The lowest BCUT2D eigenvalue weighted by Gasteiger charge is -2.42. The van der Waals surface area contributed by atoms with E-state index < -0.39 is 0 Å². The molecule has 1 aromatic carbocycles. The van der Waals surface area contributed by atoms with Gasteiger partial charge in [0.05, 0.1) is 13.2 Å². The lowest BCUT2D eigenvalue weighted by Crippen LogP contribution is -2.54. The molecule has 0 radical (unpaired) electrons. The van der Waals surface area contributed by atoms with E-state index in [1.54, 1.807) is 0 Å². The average Bonchev–Trinajstić information content (AvgIpc) is 2.42. The SMILES string of the molecule is CNCc1ccccc1OCCN1CCOCC1(C)C. The third-order valence-corrected chi connectivity index (χ3v) is 3.78. The van der Waals surface area contributed by atoms with E-state index >= 15 is 0 Å². The molecule has 1 N–H and O–H groups in total. The van der Waals surface area contributed by atoms with Gasteiger partial charge < -0.3 is 14.8 Å². The summed E-state index contributed by atoms with van der Waals surface area (Å²) in [7, 11) is 1.95. The van der Waals surface area contributed by atoms with Crippen LogP contribution in [0.25, 0.3) is 0 Å². The van der Waals surface area contributed by atoms with Crippen LogP contribution >= 0.6 is 0 Å². The molecule has 1 fully saturated rings. The first kappa shape index (κ1) is 15.3. The van der Waals surface area contributed by atoms with Gasteiger partial charge in [0.25, 0.3) is 0 Å². The zero-order valence-electron chi connectivity index (χ0n) is 12.8. The van der Waals surface area contributed by atoms with Crippen molar-refractivity contribution in [3.63, 3.8) is 0 Å². The Balaban J connectivity index is 1.86. The normalized spacial score (nSPS) is 18.9. The van der Waals surface area contributed by atoms with Crippen LogP contribution < -0.4 is 10.1 Å². The van der Waals surface area contributed by atoms with E-state index in [1.165, 1.54) is 5.56 Å². The molecule has 1 aliphatic rings. The fraction of sp³-hybridized carbons (Fsp3) is 0.625. The van der Waals surface area contributed by atoms with E-state index in [2.05, 4.69) is 30.1 Å². The summed E-state index contributed by atoms with van der Waals surface area (Å²) in [5.41, 5.74) is 1.31. The molecule has 4 nitrogen and oxygen atoms in total. The van der Waals surface area contributed by atoms with E-state index in [4.69, 9.17) is 9.47 Å². The Labute approximate surface area is 122 Å². The summed E-state index contributed by atoms with van der Waals surface area (Å²) in [6.45, 7) is 9.52. The maximum Gasteiger partial charge on any atom is 0.123 e. The van der Waals surface area contributed by atoms with Crippen LogP contribution in [0.4, 0.5) is 0 Å². The zero-order valence-corrected chi connectivity index (χ0v) is 12.8. The van der Waals surface area contributed by atoms with E-state index in [-0.39, 0.29) is 5.54 Å². The van der Waals surface area contributed by atoms with Gasteiger partial charge in [-0.25, -0.2) is 0 Å². The zero-order chi connectivity index (χ0) is 14.4. The van der Waals surface area contributed by atoms with Crippen molar-refractivity contribution in [1.29, 1.82) is 0 Å². The molecule has 1 aromatic rings. The summed E-state index contributed by atoms with van der Waals surface area (Å²) in [5.74, 6) is 0.980. The minimum absolute atomic E-state index is 0.103. The van der Waals surface area contributed by atoms with Gasteiger partial charge in [-0.05, 0) is 27.0 Å². The lowest BCUT2D eigenvalue weighted by atomic mass is 10.0. The van der Waals surface area contributed by atoms with Crippen LogP contribution in [0.1, 0.15) is 19.4 Å². The van der Waals surface area contributed by atoms with Gasteiger partial charge in [0.2, 0.25) is 0 Å². The number of nitrogens with one attached hydrogen (secondary N) is 1. The molecular formula is C16H26N2O2. The Morgan fingerprint density at radius 2 is 2.15 bits per heavy atom. The third kappa shape index (κ3) is 3.95. The van der Waals surface area contributed by atoms with Crippen LogP contribution in [0.2, 0.25) is 0 Å². The van der Waals surface area contributed by atoms with Crippen LogP contribution in [0.5, 0.6) is 5.75 Å². The van der Waals surface area contributed by atoms with Gasteiger partial charge in [0.1, 0.15) is 12.4 Å². The van der Waals surface area contributed by atoms with Gasteiger partial charge in [-0.15, -0.1) is 0 Å². The first-order valence-corrected chi connectivity index (χ1v) is 7.31. The van der Waals surface area contributed by atoms with E-state index in [0.717, 1.165) is 38.6 Å². The summed E-state index contributed by atoms with van der Waals surface area (Å²) in [4.78, 5) is 2.44. The van der Waals surface area contributed by atoms with Gasteiger partial charge in [0.15, 0.2) is 0 Å². The second kappa shape index (κ2) is 7.07. The fourth-order valence-electron chi connectivity index (χ4n) is 2.55. The van der Waals surface area contributed by atoms with E-state index in [1.807, 2.05) is 25.2 Å². The topological polar surface area (TPSA) is 33.7 Å². The van der Waals surface area contributed by atoms with Crippen molar-refractivity contribution in [3.8, 4) is 5.75 Å². The highest BCUT2D eigenvalue weighted by molar-refractivity contribution is 5.33. The standard InChI is InChI=1S/C16H26N2O2/c1-16(2)13-19-10-8-18(16)9-11-20-15-7-5-4-6-14(15)12-17-3/h4-7,17H,8-13H2,1-3H3. The number of rotatable bonds is 6. The van der Waals surface area contributed by atoms with Crippen LogP contribution in [-0.2, 0) is 11.3 Å². The molecule has 0 spiro atoms. The number of nitrogens with zero attached hydrogens (tertiary/aromatic N) is 1. The highest BCUT2D eigenvalue weighted by Gasteiger charge is 2.29. The second-order valence-electron chi connectivity index (χ2n) is 5.84. The summed E-state index contributed by atoms with van der Waals surface area (Å²) in [6.07, 6.45) is 0. The smallest absolute Gasteiger partial charge is 0.123 e. The molecule has 20 heavy (non-hydrogen) atoms. The number of hydrogen-bond donors (Lipinski definition) is 1. The highest BCUT2D eigenvalue weighted by Crippen LogP contribution is 2.20. The number of para-hydroxylation sites is 1. The van der Waals surface area contributed by atoms with Crippen molar-refractivity contribution in [3.05, 3.63) is 29.8 Å². The molecule has 4 heteroatoms. The Bertz CT molecular complexity index is 421. The Morgan fingerprint density at radius 3 is 2.90 bits per heavy atom. The monoisotopic (exact) mass is 278 g/mol. The summed E-state index contributed by atoms with van der Waals surface area (Å²) in [6, 6.07) is 8.21. The predicted octanol–water partition coefficient (Wildman–Crippen LogP) is 1.90. The summed E-state index contributed by atoms with van der Waals surface area (Å²) >= 11 is 0. The number of hydrogen-bond acceptors (Lipinski definition) is 4. The first-order chi connectivity index (χ1) is 9.63. The summed E-state index contributed by atoms with van der Waals surface area (Å²) < 4.78 is 11.5. The van der Waals surface area contributed by atoms with Gasteiger partial charge in [-0.1, -0.05) is 18.2 Å². The Hall–Kier alpha value is -1.10. The fourth-order valence-corrected chi connectivity index (χ4v) is 2.55. The van der Waals surface area contributed by atoms with Crippen molar-refractivity contribution < 1.29 is 9.47 Å².